The molecule has 0 radical (unpaired) electrons. The first-order chi connectivity index (χ1) is 11.0. The molecule has 1 atom stereocenters. The van der Waals surface area contributed by atoms with Gasteiger partial charge in [-0.2, -0.15) is 0 Å². The quantitative estimate of drug-likeness (QED) is 0.853. The van der Waals surface area contributed by atoms with Crippen molar-refractivity contribution in [2.75, 3.05) is 26.3 Å². The molecule has 2 fully saturated rings. The van der Waals surface area contributed by atoms with E-state index in [-0.39, 0.29) is 37.9 Å². The van der Waals surface area contributed by atoms with E-state index in [1.54, 1.807) is 12.1 Å². The van der Waals surface area contributed by atoms with E-state index in [2.05, 4.69) is 4.98 Å². The van der Waals surface area contributed by atoms with Gasteiger partial charge in [0.05, 0.1) is 11.7 Å². The van der Waals surface area contributed by atoms with Crippen molar-refractivity contribution in [1.29, 1.82) is 0 Å². The van der Waals surface area contributed by atoms with Crippen molar-refractivity contribution >= 4 is 5.91 Å². The number of piperidine rings is 1. The summed E-state index contributed by atoms with van der Waals surface area (Å²) < 4.78 is 37.3. The maximum absolute atomic E-state index is 13.1. The van der Waals surface area contributed by atoms with Crippen LogP contribution in [0.4, 0.5) is 8.78 Å². The van der Waals surface area contributed by atoms with Gasteiger partial charge in [-0.3, -0.25) is 4.79 Å². The van der Waals surface area contributed by atoms with Gasteiger partial charge >= 0.3 is 0 Å². The summed E-state index contributed by atoms with van der Waals surface area (Å²) in [5.74, 6) is -2.49. The third kappa shape index (κ3) is 4.16. The largest absolute Gasteiger partial charge is 0.475 e. The van der Waals surface area contributed by atoms with E-state index in [9.17, 15) is 13.6 Å². The van der Waals surface area contributed by atoms with Crippen molar-refractivity contribution in [3.63, 3.8) is 0 Å². The zero-order chi connectivity index (χ0) is 16.3. The van der Waals surface area contributed by atoms with Crippen molar-refractivity contribution in [2.45, 2.75) is 37.7 Å². The highest BCUT2D eigenvalue weighted by Gasteiger charge is 2.35. The molecule has 0 N–H and O–H groups in total. The number of likely N-dealkylation sites (tertiary alicyclic amines) is 1. The predicted molar refractivity (Wildman–Crippen MR) is 78.8 cm³/mol. The van der Waals surface area contributed by atoms with Gasteiger partial charge < -0.3 is 14.4 Å². The number of hydrogen-bond donors (Lipinski definition) is 0. The second kappa shape index (κ2) is 6.78. The zero-order valence-corrected chi connectivity index (χ0v) is 12.8. The van der Waals surface area contributed by atoms with Gasteiger partial charge in [-0.15, -0.1) is 0 Å². The molecule has 2 saturated heterocycles. The van der Waals surface area contributed by atoms with E-state index in [4.69, 9.17) is 9.47 Å². The lowest BCUT2D eigenvalue weighted by Crippen LogP contribution is -2.42. The van der Waals surface area contributed by atoms with Gasteiger partial charge in [-0.05, 0) is 18.9 Å². The second-order valence-electron chi connectivity index (χ2n) is 5.98. The fourth-order valence-electron chi connectivity index (χ4n) is 2.77. The Morgan fingerprint density at radius 1 is 1.39 bits per heavy atom. The number of rotatable bonds is 4. The number of nitrogens with zero attached hydrogens (tertiary/aromatic N) is 2. The minimum absolute atomic E-state index is 0.0725. The number of ether oxygens (including phenoxy) is 2. The van der Waals surface area contributed by atoms with Crippen molar-refractivity contribution in [1.82, 2.24) is 9.88 Å². The summed E-state index contributed by atoms with van der Waals surface area (Å²) in [6.07, 6.45) is 3.00. The molecule has 2 aliphatic heterocycles. The van der Waals surface area contributed by atoms with Gasteiger partial charge in [0.2, 0.25) is 5.88 Å². The number of alkyl halides is 2. The SMILES string of the molecule is O=C(c1ccc(OCC2CCCO2)nc1)N1CCC(F)(F)CC1. The molecule has 3 heterocycles. The molecule has 5 nitrogen and oxygen atoms in total. The van der Waals surface area contributed by atoms with Gasteiger partial charge in [0.25, 0.3) is 11.8 Å². The Hall–Kier alpha value is -1.76. The molecule has 0 aromatic carbocycles. The molecule has 0 aliphatic carbocycles. The van der Waals surface area contributed by atoms with E-state index < -0.39 is 5.92 Å². The maximum atomic E-state index is 13.1. The molecule has 0 bridgehead atoms. The van der Waals surface area contributed by atoms with Crippen LogP contribution in [0.25, 0.3) is 0 Å². The summed E-state index contributed by atoms with van der Waals surface area (Å²) in [6, 6.07) is 3.24. The molecular formula is C16H20F2N2O3. The lowest BCUT2D eigenvalue weighted by atomic mass is 10.1. The summed E-state index contributed by atoms with van der Waals surface area (Å²) in [6.45, 7) is 1.36. The van der Waals surface area contributed by atoms with Crippen LogP contribution in [0.5, 0.6) is 5.88 Å². The van der Waals surface area contributed by atoms with Crippen LogP contribution in [0.15, 0.2) is 18.3 Å². The minimum Gasteiger partial charge on any atom is -0.475 e. The highest BCUT2D eigenvalue weighted by atomic mass is 19.3. The van der Waals surface area contributed by atoms with Gasteiger partial charge in [-0.1, -0.05) is 0 Å². The first kappa shape index (κ1) is 16.1. The molecule has 1 aromatic heterocycles. The number of amides is 1. The summed E-state index contributed by atoms with van der Waals surface area (Å²) in [5, 5.41) is 0. The first-order valence-corrected chi connectivity index (χ1v) is 7.91. The molecule has 23 heavy (non-hydrogen) atoms. The topological polar surface area (TPSA) is 51.7 Å². The average molecular weight is 326 g/mol. The monoisotopic (exact) mass is 326 g/mol. The summed E-state index contributed by atoms with van der Waals surface area (Å²) in [5.41, 5.74) is 0.389. The van der Waals surface area contributed by atoms with Crippen LogP contribution in [0.2, 0.25) is 0 Å². The van der Waals surface area contributed by atoms with Gasteiger partial charge in [-0.25, -0.2) is 13.8 Å². The average Bonchev–Trinajstić information content (AvgIpc) is 3.06. The van der Waals surface area contributed by atoms with Gasteiger partial charge in [0.1, 0.15) is 6.61 Å². The van der Waals surface area contributed by atoms with Crippen molar-refractivity contribution < 1.29 is 23.0 Å². The third-order valence-electron chi connectivity index (χ3n) is 4.21. The fraction of sp³-hybridized carbons (Fsp3) is 0.625. The van der Waals surface area contributed by atoms with E-state index in [1.165, 1.54) is 11.1 Å². The molecule has 3 rings (SSSR count). The number of aromatic nitrogens is 1. The molecule has 126 valence electrons. The van der Waals surface area contributed by atoms with Crippen molar-refractivity contribution in [3.05, 3.63) is 23.9 Å². The fourth-order valence-corrected chi connectivity index (χ4v) is 2.77. The number of hydrogen-bond acceptors (Lipinski definition) is 4. The standard InChI is InChI=1S/C16H20F2N2O3/c17-16(18)5-7-20(8-6-16)15(21)12-3-4-14(19-10-12)23-11-13-2-1-9-22-13/h3-4,10,13H,1-2,5-9,11H2. The normalized spacial score (nSPS) is 23.7. The first-order valence-electron chi connectivity index (χ1n) is 7.91. The lowest BCUT2D eigenvalue weighted by Gasteiger charge is -2.31. The molecular weight excluding hydrogens is 306 g/mol. The van der Waals surface area contributed by atoms with Crippen LogP contribution >= 0.6 is 0 Å². The molecule has 1 unspecified atom stereocenters. The van der Waals surface area contributed by atoms with Gasteiger partial charge in [0, 0.05) is 44.8 Å². The van der Waals surface area contributed by atoms with Crippen LogP contribution < -0.4 is 4.74 Å². The lowest BCUT2D eigenvalue weighted by molar-refractivity contribution is -0.0494. The van der Waals surface area contributed by atoms with E-state index in [0.29, 0.717) is 18.1 Å². The molecule has 0 spiro atoms. The second-order valence-corrected chi connectivity index (χ2v) is 5.98. The molecule has 1 aromatic rings. The van der Waals surface area contributed by atoms with Crippen LogP contribution in [0, 0.1) is 0 Å². The molecule has 1 amide bonds. The summed E-state index contributed by atoms with van der Waals surface area (Å²) in [4.78, 5) is 17.8. The third-order valence-corrected chi connectivity index (χ3v) is 4.21. The Morgan fingerprint density at radius 3 is 2.78 bits per heavy atom. The summed E-state index contributed by atoms with van der Waals surface area (Å²) in [7, 11) is 0. The van der Waals surface area contributed by atoms with Crippen molar-refractivity contribution in [3.8, 4) is 5.88 Å². The van der Waals surface area contributed by atoms with Gasteiger partial charge in [0.15, 0.2) is 0 Å². The molecule has 7 heteroatoms. The minimum atomic E-state index is -2.66. The van der Waals surface area contributed by atoms with Crippen LogP contribution in [0.3, 0.4) is 0 Å². The maximum Gasteiger partial charge on any atom is 0.255 e. The smallest absolute Gasteiger partial charge is 0.255 e. The highest BCUT2D eigenvalue weighted by molar-refractivity contribution is 5.94. The van der Waals surface area contributed by atoms with Crippen molar-refractivity contribution in [2.24, 2.45) is 0 Å². The summed E-state index contributed by atoms with van der Waals surface area (Å²) >= 11 is 0. The van der Waals surface area contributed by atoms with Crippen LogP contribution in [-0.4, -0.2) is 54.1 Å². The Bertz CT molecular complexity index is 535. The van der Waals surface area contributed by atoms with E-state index in [1.807, 2.05) is 0 Å². The van der Waals surface area contributed by atoms with E-state index >= 15 is 0 Å². The van der Waals surface area contributed by atoms with E-state index in [0.717, 1.165) is 19.4 Å². The Morgan fingerprint density at radius 2 is 2.17 bits per heavy atom. The number of carbonyl (C=O) groups is 1. The van der Waals surface area contributed by atoms with Crippen LogP contribution in [-0.2, 0) is 4.74 Å². The highest BCUT2D eigenvalue weighted by Crippen LogP contribution is 2.28. The molecule has 0 saturated carbocycles. The Kier molecular flexibility index (Phi) is 4.75. The molecule has 2 aliphatic rings. The number of pyridine rings is 1. The number of carbonyl (C=O) groups excluding carboxylic acids is 1. The predicted octanol–water partition coefficient (Wildman–Crippen LogP) is 2.51. The number of halogens is 2. The Balaban J connectivity index is 1.53. The van der Waals surface area contributed by atoms with Crippen LogP contribution in [0.1, 0.15) is 36.0 Å². The Labute approximate surface area is 133 Å². The zero-order valence-electron chi connectivity index (χ0n) is 12.8.